The monoisotopic (exact) mass is 283 g/mol. The molecule has 5 nitrogen and oxygen atoms in total. The predicted molar refractivity (Wildman–Crippen MR) is 75.3 cm³/mol. The number of anilines is 1. The Morgan fingerprint density at radius 3 is 2.42 bits per heavy atom. The van der Waals surface area contributed by atoms with Gasteiger partial charge in [0.2, 0.25) is 0 Å². The first kappa shape index (κ1) is 15.4. The minimum absolute atomic E-state index is 0.00291. The van der Waals surface area contributed by atoms with Gasteiger partial charge in [-0.25, -0.2) is 4.79 Å². The van der Waals surface area contributed by atoms with Gasteiger partial charge in [0.15, 0.2) is 0 Å². The molecule has 1 aromatic carbocycles. The number of hydrogen-bond donors (Lipinski definition) is 2. The van der Waals surface area contributed by atoms with Crippen LogP contribution in [0.3, 0.4) is 0 Å². The molecule has 0 aromatic heterocycles. The van der Waals surface area contributed by atoms with Crippen LogP contribution in [-0.2, 0) is 20.9 Å². The van der Waals surface area contributed by atoms with Crippen LogP contribution in [0, 0.1) is 0 Å². The maximum Gasteiger partial charge on any atom is 0.411 e. The third-order valence-electron chi connectivity index (χ3n) is 2.10. The van der Waals surface area contributed by atoms with Crippen LogP contribution in [0.2, 0.25) is 0 Å². The highest BCUT2D eigenvalue weighted by atomic mass is 32.1. The Bertz CT molecular complexity index is 431. The number of ether oxygens (including phenoxy) is 2. The molecule has 0 aliphatic heterocycles. The van der Waals surface area contributed by atoms with Gasteiger partial charge in [-0.15, -0.1) is 0 Å². The topological polar surface area (TPSA) is 64.6 Å². The van der Waals surface area contributed by atoms with E-state index in [0.29, 0.717) is 5.69 Å². The van der Waals surface area contributed by atoms with E-state index in [1.807, 2.05) is 6.92 Å². The van der Waals surface area contributed by atoms with Gasteiger partial charge in [0.05, 0.1) is 0 Å². The van der Waals surface area contributed by atoms with E-state index >= 15 is 0 Å². The number of thiol groups is 1. The van der Waals surface area contributed by atoms with E-state index in [9.17, 15) is 9.59 Å². The number of nitrogens with one attached hydrogen (secondary N) is 1. The van der Waals surface area contributed by atoms with Gasteiger partial charge >= 0.3 is 12.1 Å². The lowest BCUT2D eigenvalue weighted by atomic mass is 10.2. The summed E-state index contributed by atoms with van der Waals surface area (Å²) in [6.07, 6.45) is -0.520. The molecule has 6 heteroatoms. The van der Waals surface area contributed by atoms with Crippen molar-refractivity contribution in [3.05, 3.63) is 29.8 Å². The van der Waals surface area contributed by atoms with E-state index in [1.54, 1.807) is 24.3 Å². The van der Waals surface area contributed by atoms with Crippen molar-refractivity contribution in [2.75, 3.05) is 11.9 Å². The van der Waals surface area contributed by atoms with Gasteiger partial charge in [0.25, 0.3) is 0 Å². The van der Waals surface area contributed by atoms with Crippen LogP contribution < -0.4 is 5.32 Å². The highest BCUT2D eigenvalue weighted by Crippen LogP contribution is 2.11. The molecule has 0 aliphatic rings. The Kier molecular flexibility index (Phi) is 6.21. The Balaban J connectivity index is 2.43. The molecule has 1 aromatic rings. The first-order valence-electron chi connectivity index (χ1n) is 5.81. The number of rotatable bonds is 5. The van der Waals surface area contributed by atoms with Crippen molar-refractivity contribution < 1.29 is 19.1 Å². The average molecular weight is 283 g/mol. The number of benzene rings is 1. The molecule has 0 aliphatic carbocycles. The summed E-state index contributed by atoms with van der Waals surface area (Å²) in [7, 11) is 0. The minimum atomic E-state index is -0.520. The molecule has 1 unspecified atom stereocenters. The van der Waals surface area contributed by atoms with Gasteiger partial charge in [-0.1, -0.05) is 19.1 Å². The van der Waals surface area contributed by atoms with Gasteiger partial charge in [0.1, 0.15) is 13.2 Å². The quantitative estimate of drug-likeness (QED) is 0.644. The Morgan fingerprint density at radius 1 is 1.26 bits per heavy atom. The number of amides is 1. The SMILES string of the molecule is CC(=O)OCc1ccc(NC(=O)OCC(C)S)cc1. The maximum atomic E-state index is 11.4. The molecule has 0 spiro atoms. The van der Waals surface area contributed by atoms with E-state index in [0.717, 1.165) is 5.56 Å². The first-order chi connectivity index (χ1) is 8.97. The molecule has 0 bridgehead atoms. The second-order valence-corrected chi connectivity index (χ2v) is 4.93. The fourth-order valence-electron chi connectivity index (χ4n) is 1.22. The van der Waals surface area contributed by atoms with Gasteiger partial charge in [-0.2, -0.15) is 12.6 Å². The van der Waals surface area contributed by atoms with Crippen molar-refractivity contribution >= 4 is 30.4 Å². The van der Waals surface area contributed by atoms with Crippen LogP contribution in [-0.4, -0.2) is 23.9 Å². The number of carbonyl (C=O) groups excluding carboxylic acids is 2. The third-order valence-corrected chi connectivity index (χ3v) is 2.25. The van der Waals surface area contributed by atoms with Crippen LogP contribution >= 0.6 is 12.6 Å². The van der Waals surface area contributed by atoms with Crippen LogP contribution in [0.5, 0.6) is 0 Å². The molecular formula is C13H17NO4S. The van der Waals surface area contributed by atoms with Crippen LogP contribution in [0.25, 0.3) is 0 Å². The predicted octanol–water partition coefficient (Wildman–Crippen LogP) is 2.62. The standard InChI is InChI=1S/C13H17NO4S/c1-9(19)7-18-13(16)14-12-5-3-11(4-6-12)8-17-10(2)15/h3-6,9,19H,7-8H2,1-2H3,(H,14,16). The van der Waals surface area contributed by atoms with Crippen molar-refractivity contribution in [1.82, 2.24) is 0 Å². The summed E-state index contributed by atoms with van der Waals surface area (Å²) in [5.41, 5.74) is 1.46. The van der Waals surface area contributed by atoms with E-state index in [-0.39, 0.29) is 24.4 Å². The van der Waals surface area contributed by atoms with E-state index < -0.39 is 6.09 Å². The smallest absolute Gasteiger partial charge is 0.411 e. The molecule has 104 valence electrons. The summed E-state index contributed by atoms with van der Waals surface area (Å²) in [5.74, 6) is -0.327. The lowest BCUT2D eigenvalue weighted by Crippen LogP contribution is -2.17. The summed E-state index contributed by atoms with van der Waals surface area (Å²) in [6.45, 7) is 3.66. The van der Waals surface area contributed by atoms with E-state index in [4.69, 9.17) is 9.47 Å². The summed E-state index contributed by atoms with van der Waals surface area (Å²) in [5, 5.41) is 2.58. The normalized spacial score (nSPS) is 11.5. The zero-order chi connectivity index (χ0) is 14.3. The minimum Gasteiger partial charge on any atom is -0.461 e. The summed E-state index contributed by atoms with van der Waals surface area (Å²) >= 11 is 4.11. The summed E-state index contributed by atoms with van der Waals surface area (Å²) < 4.78 is 9.78. The second-order valence-electron chi connectivity index (χ2n) is 4.05. The molecule has 0 radical (unpaired) electrons. The molecule has 1 amide bonds. The maximum absolute atomic E-state index is 11.4. The van der Waals surface area contributed by atoms with Crippen LogP contribution in [0.15, 0.2) is 24.3 Å². The van der Waals surface area contributed by atoms with Crippen LogP contribution in [0.1, 0.15) is 19.4 Å². The van der Waals surface area contributed by atoms with Crippen molar-refractivity contribution in [2.24, 2.45) is 0 Å². The third kappa shape index (κ3) is 6.71. The molecule has 19 heavy (non-hydrogen) atoms. The van der Waals surface area contributed by atoms with Crippen molar-refractivity contribution in [3.63, 3.8) is 0 Å². The Morgan fingerprint density at radius 2 is 1.89 bits per heavy atom. The van der Waals surface area contributed by atoms with Crippen LogP contribution in [0.4, 0.5) is 10.5 Å². The molecule has 1 atom stereocenters. The number of carbonyl (C=O) groups is 2. The second kappa shape index (κ2) is 7.68. The highest BCUT2D eigenvalue weighted by Gasteiger charge is 2.05. The first-order valence-corrected chi connectivity index (χ1v) is 6.33. The lowest BCUT2D eigenvalue weighted by Gasteiger charge is -2.09. The highest BCUT2D eigenvalue weighted by molar-refractivity contribution is 7.80. The summed E-state index contributed by atoms with van der Waals surface area (Å²) in [6, 6.07) is 6.95. The molecular weight excluding hydrogens is 266 g/mol. The number of esters is 1. The fraction of sp³-hybridized carbons (Fsp3) is 0.385. The zero-order valence-corrected chi connectivity index (χ0v) is 11.8. The molecule has 0 saturated heterocycles. The Labute approximate surface area is 117 Å². The molecule has 1 rings (SSSR count). The fourth-order valence-corrected chi connectivity index (χ4v) is 1.29. The Hall–Kier alpha value is -1.69. The number of hydrogen-bond acceptors (Lipinski definition) is 5. The summed E-state index contributed by atoms with van der Waals surface area (Å²) in [4.78, 5) is 22.0. The largest absolute Gasteiger partial charge is 0.461 e. The van der Waals surface area contributed by atoms with E-state index in [1.165, 1.54) is 6.92 Å². The van der Waals surface area contributed by atoms with Crippen molar-refractivity contribution in [1.29, 1.82) is 0 Å². The van der Waals surface area contributed by atoms with Gasteiger partial charge in [-0.05, 0) is 17.7 Å². The molecule has 0 heterocycles. The lowest BCUT2D eigenvalue weighted by molar-refractivity contribution is -0.142. The van der Waals surface area contributed by atoms with Gasteiger partial charge in [-0.3, -0.25) is 10.1 Å². The van der Waals surface area contributed by atoms with Gasteiger partial charge in [0, 0.05) is 17.9 Å². The molecule has 0 fully saturated rings. The van der Waals surface area contributed by atoms with Gasteiger partial charge < -0.3 is 9.47 Å². The van der Waals surface area contributed by atoms with E-state index in [2.05, 4.69) is 17.9 Å². The zero-order valence-electron chi connectivity index (χ0n) is 10.9. The molecule has 1 N–H and O–H groups in total. The van der Waals surface area contributed by atoms with Crippen molar-refractivity contribution in [3.8, 4) is 0 Å². The van der Waals surface area contributed by atoms with Crippen molar-refractivity contribution in [2.45, 2.75) is 25.7 Å². The average Bonchev–Trinajstić information content (AvgIpc) is 2.35. The molecule has 0 saturated carbocycles.